The summed E-state index contributed by atoms with van der Waals surface area (Å²) in [6.07, 6.45) is 4.25. The van der Waals surface area contributed by atoms with E-state index in [1.807, 2.05) is 12.1 Å². The molecule has 0 saturated heterocycles. The van der Waals surface area contributed by atoms with Gasteiger partial charge in [0, 0.05) is 12.4 Å². The Bertz CT molecular complexity index is 607. The lowest BCUT2D eigenvalue weighted by molar-refractivity contribution is 0.385. The summed E-state index contributed by atoms with van der Waals surface area (Å²) in [6.45, 7) is 2.88. The fourth-order valence-corrected chi connectivity index (χ4v) is 2.41. The number of halogens is 2. The van der Waals surface area contributed by atoms with Crippen molar-refractivity contribution in [1.82, 2.24) is 10.3 Å². The number of pyridine rings is 1. The second-order valence-electron chi connectivity index (χ2n) is 4.68. The minimum atomic E-state index is -0.386. The van der Waals surface area contributed by atoms with E-state index in [0.717, 1.165) is 24.1 Å². The van der Waals surface area contributed by atoms with Crippen molar-refractivity contribution in [3.8, 4) is 5.75 Å². The number of hydrogen-bond acceptors (Lipinski definition) is 3. The Labute approximate surface area is 129 Å². The molecule has 0 fully saturated rings. The molecule has 5 heteroatoms. The Morgan fingerprint density at radius 1 is 1.38 bits per heavy atom. The number of benzene rings is 1. The molecule has 2 aromatic rings. The second kappa shape index (κ2) is 7.38. The standard InChI is InChI=1S/C16H18ClFN2O/c1-3-7-20-16(12-6-8-19-10-13(12)17)11-4-5-15(21-2)14(18)9-11/h4-6,8-10,16,20H,3,7H2,1-2H3. The minimum absolute atomic E-state index is 0.180. The molecule has 0 aliphatic rings. The molecular formula is C16H18ClFN2O. The molecule has 3 nitrogen and oxygen atoms in total. The number of methoxy groups -OCH3 is 1. The molecule has 1 N–H and O–H groups in total. The van der Waals surface area contributed by atoms with Crippen molar-refractivity contribution in [2.45, 2.75) is 19.4 Å². The van der Waals surface area contributed by atoms with E-state index in [2.05, 4.69) is 17.2 Å². The molecule has 0 amide bonds. The van der Waals surface area contributed by atoms with Crippen LogP contribution in [0, 0.1) is 5.82 Å². The van der Waals surface area contributed by atoms with Gasteiger partial charge in [0.25, 0.3) is 0 Å². The van der Waals surface area contributed by atoms with Crippen LogP contribution in [0.25, 0.3) is 0 Å². The molecule has 1 aromatic carbocycles. The summed E-state index contributed by atoms with van der Waals surface area (Å²) >= 11 is 6.23. The Kier molecular flexibility index (Phi) is 5.53. The first-order chi connectivity index (χ1) is 10.2. The molecule has 21 heavy (non-hydrogen) atoms. The van der Waals surface area contributed by atoms with E-state index in [1.54, 1.807) is 18.5 Å². The Morgan fingerprint density at radius 2 is 2.19 bits per heavy atom. The van der Waals surface area contributed by atoms with E-state index in [9.17, 15) is 4.39 Å². The second-order valence-corrected chi connectivity index (χ2v) is 5.09. The number of ether oxygens (including phenoxy) is 1. The van der Waals surface area contributed by atoms with E-state index >= 15 is 0 Å². The fraction of sp³-hybridized carbons (Fsp3) is 0.312. The van der Waals surface area contributed by atoms with Gasteiger partial charge in [0.1, 0.15) is 0 Å². The van der Waals surface area contributed by atoms with Crippen LogP contribution < -0.4 is 10.1 Å². The summed E-state index contributed by atoms with van der Waals surface area (Å²) in [7, 11) is 1.45. The van der Waals surface area contributed by atoms with Gasteiger partial charge < -0.3 is 10.1 Å². The van der Waals surface area contributed by atoms with Crippen LogP contribution in [0.4, 0.5) is 4.39 Å². The highest BCUT2D eigenvalue weighted by atomic mass is 35.5. The highest BCUT2D eigenvalue weighted by molar-refractivity contribution is 6.31. The van der Waals surface area contributed by atoms with Crippen LogP contribution in [-0.4, -0.2) is 18.6 Å². The molecular weight excluding hydrogens is 291 g/mol. The van der Waals surface area contributed by atoms with Crippen molar-refractivity contribution in [2.24, 2.45) is 0 Å². The molecule has 1 heterocycles. The third-order valence-corrected chi connectivity index (χ3v) is 3.54. The van der Waals surface area contributed by atoms with Gasteiger partial charge in [-0.1, -0.05) is 24.6 Å². The topological polar surface area (TPSA) is 34.1 Å². The van der Waals surface area contributed by atoms with Crippen LogP contribution in [0.3, 0.4) is 0 Å². The first-order valence-electron chi connectivity index (χ1n) is 6.83. The van der Waals surface area contributed by atoms with E-state index in [0.29, 0.717) is 5.02 Å². The Morgan fingerprint density at radius 3 is 2.81 bits per heavy atom. The van der Waals surface area contributed by atoms with Gasteiger partial charge in [-0.15, -0.1) is 0 Å². The molecule has 112 valence electrons. The summed E-state index contributed by atoms with van der Waals surface area (Å²) in [5.41, 5.74) is 1.68. The SMILES string of the molecule is CCCNC(c1ccc(OC)c(F)c1)c1ccncc1Cl. The normalized spacial score (nSPS) is 12.2. The maximum Gasteiger partial charge on any atom is 0.165 e. The summed E-state index contributed by atoms with van der Waals surface area (Å²) in [5.74, 6) is -0.155. The van der Waals surface area contributed by atoms with E-state index in [1.165, 1.54) is 13.2 Å². The van der Waals surface area contributed by atoms with Crippen LogP contribution in [0.1, 0.15) is 30.5 Å². The van der Waals surface area contributed by atoms with Crippen molar-refractivity contribution < 1.29 is 9.13 Å². The van der Waals surface area contributed by atoms with Crippen molar-refractivity contribution in [1.29, 1.82) is 0 Å². The minimum Gasteiger partial charge on any atom is -0.494 e. The average Bonchev–Trinajstić information content (AvgIpc) is 2.49. The first kappa shape index (κ1) is 15.7. The molecule has 1 unspecified atom stereocenters. The molecule has 0 aliphatic carbocycles. The first-order valence-corrected chi connectivity index (χ1v) is 7.21. The number of aromatic nitrogens is 1. The van der Waals surface area contributed by atoms with E-state index in [-0.39, 0.29) is 17.6 Å². The number of nitrogens with one attached hydrogen (secondary N) is 1. The zero-order valence-electron chi connectivity index (χ0n) is 12.1. The molecule has 0 saturated carbocycles. The molecule has 2 rings (SSSR count). The van der Waals surface area contributed by atoms with Gasteiger partial charge in [0.15, 0.2) is 11.6 Å². The van der Waals surface area contributed by atoms with Crippen molar-refractivity contribution >= 4 is 11.6 Å². The van der Waals surface area contributed by atoms with Crippen molar-refractivity contribution in [3.05, 3.63) is 58.6 Å². The highest BCUT2D eigenvalue weighted by Crippen LogP contribution is 2.30. The zero-order valence-corrected chi connectivity index (χ0v) is 12.8. The van der Waals surface area contributed by atoms with Crippen molar-refractivity contribution in [2.75, 3.05) is 13.7 Å². The predicted octanol–water partition coefficient (Wildman–Crippen LogP) is 3.97. The average molecular weight is 309 g/mol. The van der Waals surface area contributed by atoms with Crippen LogP contribution >= 0.6 is 11.6 Å². The Balaban J connectivity index is 2.40. The third-order valence-electron chi connectivity index (χ3n) is 3.22. The van der Waals surface area contributed by atoms with Gasteiger partial charge in [0.05, 0.1) is 18.2 Å². The molecule has 0 bridgehead atoms. The van der Waals surface area contributed by atoms with E-state index in [4.69, 9.17) is 16.3 Å². The quantitative estimate of drug-likeness (QED) is 0.876. The summed E-state index contributed by atoms with van der Waals surface area (Å²) in [6, 6.07) is 6.61. The lowest BCUT2D eigenvalue weighted by atomic mass is 9.99. The number of hydrogen-bond donors (Lipinski definition) is 1. The molecule has 0 aliphatic heterocycles. The third kappa shape index (κ3) is 3.71. The maximum atomic E-state index is 14.0. The molecule has 1 atom stereocenters. The molecule has 0 spiro atoms. The van der Waals surface area contributed by atoms with Crippen LogP contribution in [0.15, 0.2) is 36.7 Å². The smallest absolute Gasteiger partial charge is 0.165 e. The Hall–Kier alpha value is -1.65. The highest BCUT2D eigenvalue weighted by Gasteiger charge is 2.18. The molecule has 1 aromatic heterocycles. The fourth-order valence-electron chi connectivity index (χ4n) is 2.18. The zero-order chi connectivity index (χ0) is 15.2. The van der Waals surface area contributed by atoms with Gasteiger partial charge in [-0.3, -0.25) is 4.98 Å². The number of rotatable bonds is 6. The predicted molar refractivity (Wildman–Crippen MR) is 82.3 cm³/mol. The largest absolute Gasteiger partial charge is 0.494 e. The van der Waals surface area contributed by atoms with Crippen LogP contribution in [0.5, 0.6) is 5.75 Å². The maximum absolute atomic E-state index is 14.0. The summed E-state index contributed by atoms with van der Waals surface area (Å²) in [4.78, 5) is 3.99. The van der Waals surface area contributed by atoms with Crippen molar-refractivity contribution in [3.63, 3.8) is 0 Å². The van der Waals surface area contributed by atoms with Gasteiger partial charge in [-0.05, 0) is 42.3 Å². The molecule has 0 radical (unpaired) electrons. The van der Waals surface area contributed by atoms with Gasteiger partial charge >= 0.3 is 0 Å². The van der Waals surface area contributed by atoms with Gasteiger partial charge in [-0.25, -0.2) is 4.39 Å². The van der Waals surface area contributed by atoms with Gasteiger partial charge in [-0.2, -0.15) is 0 Å². The number of nitrogens with zero attached hydrogens (tertiary/aromatic N) is 1. The van der Waals surface area contributed by atoms with E-state index < -0.39 is 0 Å². The summed E-state index contributed by atoms with van der Waals surface area (Å²) in [5, 5.41) is 3.95. The summed E-state index contributed by atoms with van der Waals surface area (Å²) < 4.78 is 18.9. The van der Waals surface area contributed by atoms with Crippen LogP contribution in [0.2, 0.25) is 5.02 Å². The lowest BCUT2D eigenvalue weighted by Crippen LogP contribution is -2.23. The lowest BCUT2D eigenvalue weighted by Gasteiger charge is -2.21. The van der Waals surface area contributed by atoms with Crippen LogP contribution in [-0.2, 0) is 0 Å². The monoisotopic (exact) mass is 308 g/mol. The van der Waals surface area contributed by atoms with Gasteiger partial charge in [0.2, 0.25) is 0 Å².